The van der Waals surface area contributed by atoms with Gasteiger partial charge in [0.2, 0.25) is 5.82 Å². The van der Waals surface area contributed by atoms with Gasteiger partial charge in [-0.05, 0) is 48.9 Å². The fourth-order valence-electron chi connectivity index (χ4n) is 3.50. The van der Waals surface area contributed by atoms with Crippen molar-refractivity contribution in [2.24, 2.45) is 0 Å². The Morgan fingerprint density at radius 2 is 1.79 bits per heavy atom. The lowest BCUT2D eigenvalue weighted by atomic mass is 10.1. The van der Waals surface area contributed by atoms with Crippen LogP contribution in [0.3, 0.4) is 0 Å². The van der Waals surface area contributed by atoms with Gasteiger partial charge < -0.3 is 9.51 Å². The molecule has 33 heavy (non-hydrogen) atoms. The number of halogens is 2. The van der Waals surface area contributed by atoms with Crippen LogP contribution in [-0.4, -0.2) is 19.7 Å². The molecule has 0 saturated heterocycles. The molecule has 0 radical (unpaired) electrons. The average Bonchev–Trinajstić information content (AvgIpc) is 3.30. The first kappa shape index (κ1) is 20.8. The molecule has 164 valence electrons. The lowest BCUT2D eigenvalue weighted by Crippen LogP contribution is -2.35. The fraction of sp³-hybridized carbons (Fsp3) is 0.0833. The first-order valence-corrected chi connectivity index (χ1v) is 10.4. The Kier molecular flexibility index (Phi) is 5.14. The van der Waals surface area contributed by atoms with Crippen molar-refractivity contribution < 1.29 is 8.91 Å². The predicted molar refractivity (Wildman–Crippen MR) is 123 cm³/mol. The van der Waals surface area contributed by atoms with Gasteiger partial charge in [-0.2, -0.15) is 4.98 Å². The van der Waals surface area contributed by atoms with Gasteiger partial charge in [0.25, 0.3) is 11.4 Å². The maximum atomic E-state index is 13.7. The summed E-state index contributed by atoms with van der Waals surface area (Å²) in [5.74, 6) is -0.250. The number of nitrogens with zero attached hydrogens (tertiary/aromatic N) is 3. The second kappa shape index (κ2) is 8.14. The number of hydrogen-bond acceptors (Lipinski definition) is 5. The Hall–Kier alpha value is -4.04. The zero-order valence-corrected chi connectivity index (χ0v) is 18.1. The van der Waals surface area contributed by atoms with Gasteiger partial charge in [-0.3, -0.25) is 9.36 Å². The molecule has 0 spiro atoms. The summed E-state index contributed by atoms with van der Waals surface area (Å²) in [7, 11) is 0. The van der Waals surface area contributed by atoms with Gasteiger partial charge in [0.05, 0.1) is 22.5 Å². The molecule has 1 N–H and O–H groups in total. The summed E-state index contributed by atoms with van der Waals surface area (Å²) in [4.78, 5) is 32.6. The van der Waals surface area contributed by atoms with Gasteiger partial charge in [-0.15, -0.1) is 0 Å². The molecule has 0 amide bonds. The van der Waals surface area contributed by atoms with Crippen LogP contribution in [0.4, 0.5) is 4.39 Å². The second-order valence-electron chi connectivity index (χ2n) is 7.62. The van der Waals surface area contributed by atoms with Crippen LogP contribution < -0.4 is 11.2 Å². The molecular weight excluding hydrogens is 447 g/mol. The van der Waals surface area contributed by atoms with Crippen molar-refractivity contribution in [2.75, 3.05) is 0 Å². The van der Waals surface area contributed by atoms with E-state index in [1.54, 1.807) is 24.3 Å². The number of aryl methyl sites for hydroxylation is 1. The zero-order valence-electron chi connectivity index (χ0n) is 17.3. The monoisotopic (exact) mass is 462 g/mol. The van der Waals surface area contributed by atoms with Crippen LogP contribution in [0, 0.1) is 12.7 Å². The Morgan fingerprint density at radius 1 is 1.03 bits per heavy atom. The normalized spacial score (nSPS) is 11.2. The van der Waals surface area contributed by atoms with E-state index in [9.17, 15) is 14.0 Å². The smallest absolute Gasteiger partial charge is 0.329 e. The molecule has 0 bridgehead atoms. The molecule has 0 saturated carbocycles. The van der Waals surface area contributed by atoms with E-state index in [0.717, 1.165) is 15.7 Å². The number of aromatic amines is 1. The van der Waals surface area contributed by atoms with E-state index >= 15 is 0 Å². The summed E-state index contributed by atoms with van der Waals surface area (Å²) in [6.07, 6.45) is 0. The van der Waals surface area contributed by atoms with Crippen molar-refractivity contribution in [3.63, 3.8) is 0 Å². The zero-order chi connectivity index (χ0) is 23.1. The first-order valence-electron chi connectivity index (χ1n) is 10.0. The van der Waals surface area contributed by atoms with Crippen molar-refractivity contribution >= 4 is 22.5 Å². The predicted octanol–water partition coefficient (Wildman–Crippen LogP) is 4.56. The van der Waals surface area contributed by atoms with Crippen molar-refractivity contribution in [1.29, 1.82) is 0 Å². The van der Waals surface area contributed by atoms with E-state index in [-0.39, 0.29) is 23.3 Å². The molecule has 0 unspecified atom stereocenters. The topological polar surface area (TPSA) is 93.8 Å². The minimum absolute atomic E-state index is 0.00557. The molecule has 9 heteroatoms. The highest BCUT2D eigenvalue weighted by Gasteiger charge is 2.15. The molecule has 3 aromatic carbocycles. The minimum atomic E-state index is -0.592. The molecule has 2 heterocycles. The van der Waals surface area contributed by atoms with Crippen molar-refractivity contribution in [2.45, 2.75) is 13.5 Å². The minimum Gasteiger partial charge on any atom is -0.334 e. The van der Waals surface area contributed by atoms with Crippen LogP contribution in [0.25, 0.3) is 33.7 Å². The summed E-state index contributed by atoms with van der Waals surface area (Å²) in [6.45, 7) is 2.13. The molecule has 0 aliphatic carbocycles. The third-order valence-electron chi connectivity index (χ3n) is 5.29. The Morgan fingerprint density at radius 3 is 2.55 bits per heavy atom. The summed E-state index contributed by atoms with van der Waals surface area (Å²) in [5.41, 5.74) is 2.27. The van der Waals surface area contributed by atoms with Crippen LogP contribution in [0.1, 0.15) is 11.1 Å². The van der Waals surface area contributed by atoms with E-state index in [1.165, 1.54) is 12.1 Å². The Bertz CT molecular complexity index is 1620. The number of hydrogen-bond donors (Lipinski definition) is 1. The quantitative estimate of drug-likeness (QED) is 0.422. The van der Waals surface area contributed by atoms with Crippen LogP contribution >= 0.6 is 11.6 Å². The lowest BCUT2D eigenvalue weighted by Gasteiger charge is -2.07. The molecule has 0 atom stereocenters. The largest absolute Gasteiger partial charge is 0.334 e. The van der Waals surface area contributed by atoms with Crippen molar-refractivity contribution in [3.05, 3.63) is 103 Å². The molecular formula is C24H16ClFN4O3. The van der Waals surface area contributed by atoms with Crippen LogP contribution in [0.15, 0.2) is 74.8 Å². The van der Waals surface area contributed by atoms with Crippen LogP contribution in [-0.2, 0) is 6.54 Å². The van der Waals surface area contributed by atoms with E-state index in [1.807, 2.05) is 31.2 Å². The summed E-state index contributed by atoms with van der Waals surface area (Å²) < 4.78 is 20.2. The SMILES string of the molecule is Cc1ccc(Cn2c(=O)[nH]c3cc(-c4nc(-c5ccc(Cl)c(F)c5)no4)ccc3c2=O)cc1. The highest BCUT2D eigenvalue weighted by molar-refractivity contribution is 6.30. The molecule has 5 aromatic rings. The van der Waals surface area contributed by atoms with E-state index < -0.39 is 17.1 Å². The lowest BCUT2D eigenvalue weighted by molar-refractivity contribution is 0.432. The average molecular weight is 463 g/mol. The number of benzene rings is 3. The van der Waals surface area contributed by atoms with Gasteiger partial charge in [-0.25, -0.2) is 9.18 Å². The van der Waals surface area contributed by atoms with Crippen molar-refractivity contribution in [1.82, 2.24) is 19.7 Å². The molecule has 0 aliphatic heterocycles. The third-order valence-corrected chi connectivity index (χ3v) is 5.60. The summed E-state index contributed by atoms with van der Waals surface area (Å²) in [5, 5.41) is 4.23. The van der Waals surface area contributed by atoms with Gasteiger partial charge in [0, 0.05) is 11.1 Å². The van der Waals surface area contributed by atoms with E-state index in [4.69, 9.17) is 16.1 Å². The third kappa shape index (κ3) is 3.96. The Balaban J connectivity index is 1.51. The maximum absolute atomic E-state index is 13.7. The second-order valence-corrected chi connectivity index (χ2v) is 8.03. The summed E-state index contributed by atoms with van der Waals surface area (Å²) >= 11 is 5.72. The number of nitrogens with one attached hydrogen (secondary N) is 1. The first-order chi connectivity index (χ1) is 15.9. The van der Waals surface area contributed by atoms with Crippen LogP contribution in [0.2, 0.25) is 5.02 Å². The highest BCUT2D eigenvalue weighted by Crippen LogP contribution is 2.26. The summed E-state index contributed by atoms with van der Waals surface area (Å²) in [6, 6.07) is 16.7. The van der Waals surface area contributed by atoms with Gasteiger partial charge in [0.15, 0.2) is 0 Å². The maximum Gasteiger partial charge on any atom is 0.329 e. The number of rotatable bonds is 4. The molecule has 2 aromatic heterocycles. The molecule has 0 fully saturated rings. The van der Waals surface area contributed by atoms with Gasteiger partial charge in [-0.1, -0.05) is 46.6 Å². The van der Waals surface area contributed by atoms with E-state index in [2.05, 4.69) is 15.1 Å². The molecule has 7 nitrogen and oxygen atoms in total. The number of aromatic nitrogens is 4. The van der Waals surface area contributed by atoms with Crippen molar-refractivity contribution in [3.8, 4) is 22.8 Å². The molecule has 0 aliphatic rings. The van der Waals surface area contributed by atoms with Gasteiger partial charge >= 0.3 is 5.69 Å². The standard InChI is InChI=1S/C24H16ClFN4O3/c1-13-2-4-14(5-3-13)12-30-23(31)17-8-6-16(11-20(17)27-24(30)32)22-28-21(29-33-22)15-7-9-18(25)19(26)10-15/h2-11H,12H2,1H3,(H,27,32). The molecule has 5 rings (SSSR count). The van der Waals surface area contributed by atoms with Crippen LogP contribution in [0.5, 0.6) is 0 Å². The van der Waals surface area contributed by atoms with E-state index in [0.29, 0.717) is 22.0 Å². The number of H-pyrrole nitrogens is 1. The highest BCUT2D eigenvalue weighted by atomic mass is 35.5. The number of fused-ring (bicyclic) bond motifs is 1. The van der Waals surface area contributed by atoms with Gasteiger partial charge in [0.1, 0.15) is 5.82 Å². The Labute approximate surface area is 191 Å². The fourth-order valence-corrected chi connectivity index (χ4v) is 3.62.